The molecule has 3 aromatic carbocycles. The third-order valence-electron chi connectivity index (χ3n) is 12.3. The van der Waals surface area contributed by atoms with Crippen molar-refractivity contribution in [3.8, 4) is 0 Å². The molecule has 0 fully saturated rings. The van der Waals surface area contributed by atoms with E-state index in [0.29, 0.717) is 23.8 Å². The molecule has 6 aliphatic carbocycles. The minimum Gasteiger partial charge on any atom is -0.360 e. The van der Waals surface area contributed by atoms with E-state index >= 15 is 0 Å². The predicted octanol–water partition coefficient (Wildman–Crippen LogP) is 11.2. The molecule has 10 rings (SSSR count). The van der Waals surface area contributed by atoms with Crippen LogP contribution in [-0.2, 0) is 0 Å². The van der Waals surface area contributed by atoms with Crippen LogP contribution in [0.1, 0.15) is 73.1 Å². The highest BCUT2D eigenvalue weighted by Gasteiger charge is 2.43. The molecule has 246 valence electrons. The third-order valence-corrected chi connectivity index (χ3v) is 12.3. The first kappa shape index (κ1) is 29.8. The zero-order chi connectivity index (χ0) is 33.2. The Bertz CT molecular complexity index is 2220. The monoisotopic (exact) mass is 648 g/mol. The highest BCUT2D eigenvalue weighted by molar-refractivity contribution is 5.89. The number of nitrogens with zero attached hydrogens (tertiary/aromatic N) is 1. The number of hydrogen-bond acceptors (Lipinski definition) is 2. The van der Waals surface area contributed by atoms with Crippen LogP contribution in [0.25, 0.3) is 22.4 Å². The van der Waals surface area contributed by atoms with Gasteiger partial charge in [-0.25, -0.2) is 0 Å². The van der Waals surface area contributed by atoms with Crippen LogP contribution in [0.5, 0.6) is 0 Å². The van der Waals surface area contributed by atoms with E-state index in [2.05, 4.69) is 163 Å². The Morgan fingerprint density at radius 2 is 1.70 bits per heavy atom. The summed E-state index contributed by atoms with van der Waals surface area (Å²) in [5, 5.41) is 6.62. The smallest absolute Gasteiger partial charge is 0.126 e. The topological polar surface area (TPSA) is 15.3 Å². The number of rotatable bonds is 4. The molecule has 50 heavy (non-hydrogen) atoms. The number of allylic oxidation sites excluding steroid dienone is 14. The molecule has 2 nitrogen and oxygen atoms in total. The Morgan fingerprint density at radius 3 is 2.62 bits per heavy atom. The van der Waals surface area contributed by atoms with E-state index in [9.17, 15) is 0 Å². The van der Waals surface area contributed by atoms with Gasteiger partial charge in [-0.3, -0.25) is 0 Å². The number of nitrogens with one attached hydrogen (secondary N) is 1. The van der Waals surface area contributed by atoms with Gasteiger partial charge in [0, 0.05) is 23.5 Å². The van der Waals surface area contributed by atoms with Crippen LogP contribution in [0.3, 0.4) is 0 Å². The molecule has 0 radical (unpaired) electrons. The van der Waals surface area contributed by atoms with Gasteiger partial charge in [-0.05, 0) is 99.9 Å². The van der Waals surface area contributed by atoms with Crippen LogP contribution >= 0.6 is 0 Å². The Labute approximate surface area is 296 Å². The molecular formula is C48H44N2. The molecule has 1 heterocycles. The van der Waals surface area contributed by atoms with Gasteiger partial charge in [-0.1, -0.05) is 146 Å². The molecule has 1 aliphatic heterocycles. The average Bonchev–Trinajstić information content (AvgIpc) is 3.57. The minimum atomic E-state index is 0.100. The lowest BCUT2D eigenvalue weighted by Gasteiger charge is -2.44. The second kappa shape index (κ2) is 12.1. The van der Waals surface area contributed by atoms with E-state index < -0.39 is 0 Å². The second-order valence-electron chi connectivity index (χ2n) is 15.1. The van der Waals surface area contributed by atoms with Gasteiger partial charge in [0.05, 0.1) is 11.7 Å². The standard InChI is InChI=1S/C48H44N2/c1-31-12-11-15-34-29-36(24-26-39(31)34)46-40-18-7-8-19-41(40)47(35-23-22-32-13-5-6-14-33(32)28-35)43-30-37(25-27-42(43)46)48-49-44-20-9-10-21-45(44)50(48)38-16-3-2-4-17-38/h2-9,11,13-16,18,20,22-31,38,41-42,46,48-49H,10,12,17,19,21H2,1H3. The van der Waals surface area contributed by atoms with Crippen LogP contribution in [0, 0.1) is 11.8 Å². The Balaban J connectivity index is 1.15. The van der Waals surface area contributed by atoms with Gasteiger partial charge in [0.15, 0.2) is 0 Å². The number of fused-ring (bicyclic) bond motifs is 4. The summed E-state index contributed by atoms with van der Waals surface area (Å²) in [7, 11) is 0. The van der Waals surface area contributed by atoms with E-state index in [1.165, 1.54) is 61.1 Å². The van der Waals surface area contributed by atoms with Gasteiger partial charge in [-0.2, -0.15) is 0 Å². The highest BCUT2D eigenvalue weighted by Crippen LogP contribution is 2.56. The van der Waals surface area contributed by atoms with E-state index in [1.807, 2.05) is 0 Å². The largest absolute Gasteiger partial charge is 0.360 e. The maximum absolute atomic E-state index is 4.01. The van der Waals surface area contributed by atoms with E-state index in [-0.39, 0.29) is 12.1 Å². The van der Waals surface area contributed by atoms with Gasteiger partial charge in [-0.15, -0.1) is 0 Å². The summed E-state index contributed by atoms with van der Waals surface area (Å²) >= 11 is 0. The summed E-state index contributed by atoms with van der Waals surface area (Å²) in [6.45, 7) is 2.36. The molecule has 1 N–H and O–H groups in total. The molecule has 0 amide bonds. The van der Waals surface area contributed by atoms with Gasteiger partial charge in [0.1, 0.15) is 6.17 Å². The van der Waals surface area contributed by atoms with E-state index in [1.54, 1.807) is 5.57 Å². The normalized spacial score (nSPS) is 29.0. The van der Waals surface area contributed by atoms with E-state index in [0.717, 1.165) is 32.1 Å². The molecule has 0 saturated carbocycles. The van der Waals surface area contributed by atoms with Crippen molar-refractivity contribution < 1.29 is 0 Å². The molecule has 0 aromatic heterocycles. The molecule has 6 atom stereocenters. The molecule has 0 saturated heterocycles. The lowest BCUT2D eigenvalue weighted by molar-refractivity contribution is 0.241. The number of benzene rings is 3. The second-order valence-corrected chi connectivity index (χ2v) is 15.1. The third kappa shape index (κ3) is 4.83. The molecular weight excluding hydrogens is 605 g/mol. The highest BCUT2D eigenvalue weighted by atomic mass is 15.3. The zero-order valence-corrected chi connectivity index (χ0v) is 28.8. The van der Waals surface area contributed by atoms with Gasteiger partial charge in [0.2, 0.25) is 0 Å². The van der Waals surface area contributed by atoms with Crippen molar-refractivity contribution in [2.75, 3.05) is 0 Å². The fourth-order valence-electron chi connectivity index (χ4n) is 9.88. The van der Waals surface area contributed by atoms with Gasteiger partial charge >= 0.3 is 0 Å². The summed E-state index contributed by atoms with van der Waals surface area (Å²) in [6.07, 6.45) is 38.8. The summed E-state index contributed by atoms with van der Waals surface area (Å²) < 4.78 is 0. The summed E-state index contributed by atoms with van der Waals surface area (Å²) in [5.41, 5.74) is 14.4. The van der Waals surface area contributed by atoms with Crippen molar-refractivity contribution in [1.82, 2.24) is 10.2 Å². The first-order chi connectivity index (χ1) is 24.7. The minimum absolute atomic E-state index is 0.100. The first-order valence-electron chi connectivity index (χ1n) is 18.8. The number of hydrogen-bond donors (Lipinski definition) is 1. The Morgan fingerprint density at radius 1 is 0.780 bits per heavy atom. The first-order valence-corrected chi connectivity index (χ1v) is 18.8. The molecule has 2 heteroatoms. The van der Waals surface area contributed by atoms with Crippen LogP contribution in [-0.4, -0.2) is 17.1 Å². The van der Waals surface area contributed by atoms with Crippen molar-refractivity contribution in [2.45, 2.75) is 63.1 Å². The van der Waals surface area contributed by atoms with Crippen LogP contribution in [0.15, 0.2) is 168 Å². The van der Waals surface area contributed by atoms with Gasteiger partial charge < -0.3 is 10.2 Å². The Hall–Kier alpha value is -5.08. The zero-order valence-electron chi connectivity index (χ0n) is 28.8. The van der Waals surface area contributed by atoms with Crippen molar-refractivity contribution in [3.63, 3.8) is 0 Å². The fraction of sp³-hybridized carbons (Fsp3) is 0.250. The fourth-order valence-corrected chi connectivity index (χ4v) is 9.88. The van der Waals surface area contributed by atoms with Crippen molar-refractivity contribution in [2.24, 2.45) is 11.8 Å². The molecule has 3 aromatic rings. The Kier molecular flexibility index (Phi) is 7.19. The molecule has 0 bridgehead atoms. The molecule has 6 unspecified atom stereocenters. The molecule has 7 aliphatic rings. The van der Waals surface area contributed by atoms with Crippen molar-refractivity contribution >= 4 is 22.4 Å². The molecule has 0 spiro atoms. The maximum atomic E-state index is 4.01. The van der Waals surface area contributed by atoms with Crippen molar-refractivity contribution in [1.29, 1.82) is 0 Å². The maximum Gasteiger partial charge on any atom is 0.126 e. The lowest BCUT2D eigenvalue weighted by atomic mass is 9.60. The quantitative estimate of drug-likeness (QED) is 0.303. The van der Waals surface area contributed by atoms with E-state index in [4.69, 9.17) is 0 Å². The van der Waals surface area contributed by atoms with Crippen LogP contribution in [0.2, 0.25) is 0 Å². The summed E-state index contributed by atoms with van der Waals surface area (Å²) in [6, 6.07) is 23.7. The lowest BCUT2D eigenvalue weighted by Crippen LogP contribution is -2.44. The summed E-state index contributed by atoms with van der Waals surface area (Å²) in [5.74, 6) is 1.45. The van der Waals surface area contributed by atoms with Crippen LogP contribution < -0.4 is 5.32 Å². The SMILES string of the molecule is CC1CC=Cc2cc(C3C4=CC=CCC4C(c4ccc5ccccc5c4)=C4C=C(C5NC6=C(CCC=C6)N5C5C=CC=CC5)C=CC43)ccc21. The average molecular weight is 649 g/mol. The van der Waals surface area contributed by atoms with Crippen LogP contribution in [0.4, 0.5) is 0 Å². The van der Waals surface area contributed by atoms with Crippen molar-refractivity contribution in [3.05, 3.63) is 190 Å². The van der Waals surface area contributed by atoms with Gasteiger partial charge in [0.25, 0.3) is 0 Å². The summed E-state index contributed by atoms with van der Waals surface area (Å²) in [4.78, 5) is 2.69. The predicted molar refractivity (Wildman–Crippen MR) is 209 cm³/mol.